The van der Waals surface area contributed by atoms with E-state index in [4.69, 9.17) is 9.47 Å². The average Bonchev–Trinajstić information content (AvgIpc) is 3.10. The number of amides is 1. The van der Waals surface area contributed by atoms with Gasteiger partial charge in [0.2, 0.25) is 0 Å². The smallest absolute Gasteiger partial charge is 0.272 e. The summed E-state index contributed by atoms with van der Waals surface area (Å²) in [5, 5.41) is 0. The lowest BCUT2D eigenvalue weighted by molar-refractivity contribution is 0.0426. The second kappa shape index (κ2) is 7.55. The molecule has 2 aromatic rings. The molecule has 29 heavy (non-hydrogen) atoms. The molecule has 1 aromatic carbocycles. The summed E-state index contributed by atoms with van der Waals surface area (Å²) in [4.78, 5) is 46.1. The van der Waals surface area contributed by atoms with Crippen LogP contribution in [0.3, 0.4) is 0 Å². The lowest BCUT2D eigenvalue weighted by atomic mass is 9.89. The van der Waals surface area contributed by atoms with Crippen LogP contribution in [0.2, 0.25) is 0 Å². The van der Waals surface area contributed by atoms with Gasteiger partial charge >= 0.3 is 0 Å². The first-order chi connectivity index (χ1) is 13.9. The highest BCUT2D eigenvalue weighted by atomic mass is 32.2. The summed E-state index contributed by atoms with van der Waals surface area (Å²) in [5.41, 5.74) is -0.495. The number of aromatic amines is 1. The minimum Gasteiger partial charge on any atom is -0.497 e. The summed E-state index contributed by atoms with van der Waals surface area (Å²) in [6.07, 6.45) is 2.62. The van der Waals surface area contributed by atoms with Crippen molar-refractivity contribution in [3.63, 3.8) is 0 Å². The number of benzene rings is 1. The Labute approximate surface area is 171 Å². The van der Waals surface area contributed by atoms with Crippen LogP contribution in [0.15, 0.2) is 29.1 Å². The van der Waals surface area contributed by atoms with E-state index in [-0.39, 0.29) is 35.9 Å². The van der Waals surface area contributed by atoms with Crippen LogP contribution in [0, 0.1) is 0 Å². The number of thioether (sulfide) groups is 1. The highest BCUT2D eigenvalue weighted by Gasteiger charge is 2.47. The van der Waals surface area contributed by atoms with Gasteiger partial charge in [-0.3, -0.25) is 14.4 Å². The number of methoxy groups -OCH3 is 1. The van der Waals surface area contributed by atoms with Crippen LogP contribution in [-0.4, -0.2) is 58.6 Å². The fourth-order valence-corrected chi connectivity index (χ4v) is 4.24. The van der Waals surface area contributed by atoms with Crippen molar-refractivity contribution in [2.75, 3.05) is 26.5 Å². The molecule has 2 aliphatic rings. The Kier molecular flexibility index (Phi) is 5.08. The number of nitrogens with zero attached hydrogens (tertiary/aromatic N) is 2. The maximum Gasteiger partial charge on any atom is 0.272 e. The predicted molar refractivity (Wildman–Crippen MR) is 108 cm³/mol. The molecule has 0 aliphatic carbocycles. The van der Waals surface area contributed by atoms with Crippen LogP contribution in [0.4, 0.5) is 0 Å². The number of ether oxygens (including phenoxy) is 2. The number of aromatic nitrogens is 2. The molecule has 1 aromatic heterocycles. The highest BCUT2D eigenvalue weighted by molar-refractivity contribution is 7.97. The molecular formula is C20H21N3O5S. The zero-order valence-electron chi connectivity index (χ0n) is 16.2. The third-order valence-electron chi connectivity index (χ3n) is 5.19. The lowest BCUT2D eigenvalue weighted by Gasteiger charge is -2.34. The van der Waals surface area contributed by atoms with Gasteiger partial charge in [0, 0.05) is 19.0 Å². The van der Waals surface area contributed by atoms with Crippen LogP contribution in [0.25, 0.3) is 0 Å². The van der Waals surface area contributed by atoms with E-state index in [9.17, 15) is 14.4 Å². The van der Waals surface area contributed by atoms with Crippen molar-refractivity contribution in [2.45, 2.75) is 24.2 Å². The zero-order chi connectivity index (χ0) is 20.6. The standard InChI is InChI=1S/C20H21N3O5S/c1-27-12-3-4-16-13(7-12)15(24)9-20(28-16)5-6-23(11-20)19(26)14-8-18(25)22-17(21-14)10-29-2/h3-4,7-8H,5-6,9-11H2,1-2H3,(H,21,22,25). The van der Waals surface area contributed by atoms with Gasteiger partial charge in [-0.05, 0) is 24.5 Å². The first-order valence-electron chi connectivity index (χ1n) is 9.22. The number of carbonyl (C=O) groups is 2. The van der Waals surface area contributed by atoms with Crippen LogP contribution in [-0.2, 0) is 5.75 Å². The topological polar surface area (TPSA) is 102 Å². The van der Waals surface area contributed by atoms with E-state index >= 15 is 0 Å². The molecule has 1 unspecified atom stereocenters. The number of hydrogen-bond donors (Lipinski definition) is 1. The van der Waals surface area contributed by atoms with Crippen LogP contribution >= 0.6 is 11.8 Å². The Morgan fingerprint density at radius 1 is 1.38 bits per heavy atom. The van der Waals surface area contributed by atoms with Crippen LogP contribution < -0.4 is 15.0 Å². The Morgan fingerprint density at radius 3 is 2.97 bits per heavy atom. The molecule has 152 valence electrons. The molecule has 1 N–H and O–H groups in total. The number of Topliss-reactive ketones (excluding diaryl/α,β-unsaturated/α-hetero) is 1. The molecule has 8 nitrogen and oxygen atoms in total. The van der Waals surface area contributed by atoms with Crippen molar-refractivity contribution in [1.82, 2.24) is 14.9 Å². The van der Waals surface area contributed by atoms with E-state index in [1.54, 1.807) is 30.2 Å². The van der Waals surface area contributed by atoms with E-state index in [0.29, 0.717) is 41.6 Å². The van der Waals surface area contributed by atoms with Gasteiger partial charge in [0.25, 0.3) is 11.5 Å². The largest absolute Gasteiger partial charge is 0.497 e. The molecule has 9 heteroatoms. The van der Waals surface area contributed by atoms with Crippen molar-refractivity contribution in [1.29, 1.82) is 0 Å². The molecule has 0 radical (unpaired) electrons. The molecule has 4 rings (SSSR count). The van der Waals surface area contributed by atoms with Crippen molar-refractivity contribution < 1.29 is 19.1 Å². The number of likely N-dealkylation sites (tertiary alicyclic amines) is 1. The summed E-state index contributed by atoms with van der Waals surface area (Å²) >= 11 is 1.51. The summed E-state index contributed by atoms with van der Waals surface area (Å²) in [6, 6.07) is 6.36. The summed E-state index contributed by atoms with van der Waals surface area (Å²) < 4.78 is 11.4. The third kappa shape index (κ3) is 3.74. The zero-order valence-corrected chi connectivity index (χ0v) is 17.0. The lowest BCUT2D eigenvalue weighted by Crippen LogP contribution is -2.45. The Morgan fingerprint density at radius 2 is 2.21 bits per heavy atom. The maximum absolute atomic E-state index is 12.9. The molecule has 1 atom stereocenters. The number of H-pyrrole nitrogens is 1. The number of nitrogens with one attached hydrogen (secondary N) is 1. The van der Waals surface area contributed by atoms with Crippen LogP contribution in [0.5, 0.6) is 11.5 Å². The maximum atomic E-state index is 12.9. The SMILES string of the molecule is COc1ccc2c(c1)C(=O)CC1(CCN(C(=O)c3cc(=O)[nH]c(CSC)n3)C1)O2. The Balaban J connectivity index is 1.55. The summed E-state index contributed by atoms with van der Waals surface area (Å²) in [7, 11) is 1.55. The molecular weight excluding hydrogens is 394 g/mol. The number of fused-ring (bicyclic) bond motifs is 1. The minimum absolute atomic E-state index is 0.0315. The number of hydrogen-bond acceptors (Lipinski definition) is 7. The number of ketones is 1. The average molecular weight is 415 g/mol. The highest BCUT2D eigenvalue weighted by Crippen LogP contribution is 2.40. The van der Waals surface area contributed by atoms with E-state index in [1.807, 2.05) is 6.26 Å². The van der Waals surface area contributed by atoms with Crippen molar-refractivity contribution in [2.24, 2.45) is 0 Å². The molecule has 0 saturated carbocycles. The van der Waals surface area contributed by atoms with Crippen molar-refractivity contribution in [3.8, 4) is 11.5 Å². The predicted octanol–water partition coefficient (Wildman–Crippen LogP) is 1.89. The molecule has 0 bridgehead atoms. The number of rotatable bonds is 4. The Bertz CT molecular complexity index is 1040. The van der Waals surface area contributed by atoms with Gasteiger partial charge in [-0.25, -0.2) is 4.98 Å². The van der Waals surface area contributed by atoms with Gasteiger partial charge in [-0.2, -0.15) is 11.8 Å². The van der Waals surface area contributed by atoms with E-state index in [1.165, 1.54) is 17.8 Å². The van der Waals surface area contributed by atoms with E-state index in [2.05, 4.69) is 9.97 Å². The fourth-order valence-electron chi connectivity index (χ4n) is 3.83. The monoisotopic (exact) mass is 415 g/mol. The molecule has 3 heterocycles. The van der Waals surface area contributed by atoms with Gasteiger partial charge in [-0.15, -0.1) is 0 Å². The summed E-state index contributed by atoms with van der Waals surface area (Å²) in [6.45, 7) is 0.708. The quantitative estimate of drug-likeness (QED) is 0.814. The second-order valence-corrected chi connectivity index (χ2v) is 8.10. The Hall–Kier alpha value is -2.81. The molecule has 1 saturated heterocycles. The molecule has 2 aliphatic heterocycles. The minimum atomic E-state index is -0.752. The molecule has 1 fully saturated rings. The fraction of sp³-hybridized carbons (Fsp3) is 0.400. The van der Waals surface area contributed by atoms with Crippen LogP contribution in [0.1, 0.15) is 39.5 Å². The van der Waals surface area contributed by atoms with Gasteiger partial charge < -0.3 is 19.4 Å². The second-order valence-electron chi connectivity index (χ2n) is 7.23. The molecule has 1 spiro atoms. The van der Waals surface area contributed by atoms with Crippen molar-refractivity contribution >= 4 is 23.5 Å². The van der Waals surface area contributed by atoms with E-state index < -0.39 is 5.60 Å². The third-order valence-corrected chi connectivity index (χ3v) is 5.75. The van der Waals surface area contributed by atoms with E-state index in [0.717, 1.165) is 0 Å². The van der Waals surface area contributed by atoms with Gasteiger partial charge in [0.1, 0.15) is 28.6 Å². The first-order valence-corrected chi connectivity index (χ1v) is 10.6. The summed E-state index contributed by atoms with van der Waals surface area (Å²) in [5.74, 6) is 1.73. The number of carbonyl (C=O) groups excluding carboxylic acids is 2. The van der Waals surface area contributed by atoms with Gasteiger partial charge in [0.15, 0.2) is 5.78 Å². The molecule has 1 amide bonds. The van der Waals surface area contributed by atoms with Gasteiger partial charge in [-0.1, -0.05) is 0 Å². The van der Waals surface area contributed by atoms with Crippen molar-refractivity contribution in [3.05, 3.63) is 51.7 Å². The van der Waals surface area contributed by atoms with Gasteiger partial charge in [0.05, 0.1) is 31.4 Å². The first kappa shape index (κ1) is 19.5. The normalized spacial score (nSPS) is 20.5.